The molecule has 0 saturated carbocycles. The molecule has 0 heterocycles. The molecule has 1 rings (SSSR count). The van der Waals surface area contributed by atoms with Crippen molar-refractivity contribution in [2.75, 3.05) is 0 Å². The number of alkyl halides is 4. The third-order valence-electron chi connectivity index (χ3n) is 2.63. The SMILES string of the molecule is CC(C)(C)NC(=S)NNC(=O)/C=C/c1ccc(OC(F)F)cc1OC(F)F. The Labute approximate surface area is 158 Å². The second-order valence-electron chi connectivity index (χ2n) is 6.11. The molecule has 0 aliphatic heterocycles. The molecule has 3 N–H and O–H groups in total. The van der Waals surface area contributed by atoms with Gasteiger partial charge in [0.1, 0.15) is 11.5 Å². The van der Waals surface area contributed by atoms with Gasteiger partial charge in [0, 0.05) is 23.2 Å². The summed E-state index contributed by atoms with van der Waals surface area (Å²) in [5.41, 5.74) is 4.49. The Morgan fingerprint density at radius 2 is 1.74 bits per heavy atom. The highest BCUT2D eigenvalue weighted by Gasteiger charge is 2.13. The fraction of sp³-hybridized carbons (Fsp3) is 0.375. The molecular formula is C16H19F4N3O3S. The average Bonchev–Trinajstić information content (AvgIpc) is 2.49. The number of thiocarbonyl (C=S) groups is 1. The van der Waals surface area contributed by atoms with Crippen molar-refractivity contribution in [3.05, 3.63) is 29.8 Å². The van der Waals surface area contributed by atoms with Gasteiger partial charge in [0.15, 0.2) is 5.11 Å². The van der Waals surface area contributed by atoms with E-state index in [0.717, 1.165) is 18.2 Å². The summed E-state index contributed by atoms with van der Waals surface area (Å²) in [5, 5.41) is 3.08. The topological polar surface area (TPSA) is 71.6 Å². The van der Waals surface area contributed by atoms with Crippen LogP contribution in [-0.2, 0) is 4.79 Å². The highest BCUT2D eigenvalue weighted by Crippen LogP contribution is 2.28. The maximum Gasteiger partial charge on any atom is 0.387 e. The van der Waals surface area contributed by atoms with E-state index in [0.29, 0.717) is 0 Å². The molecule has 11 heteroatoms. The fourth-order valence-electron chi connectivity index (χ4n) is 1.72. The zero-order chi connectivity index (χ0) is 20.6. The van der Waals surface area contributed by atoms with Gasteiger partial charge in [-0.1, -0.05) is 0 Å². The normalized spacial score (nSPS) is 11.6. The first kappa shape index (κ1) is 22.5. The average molecular weight is 409 g/mol. The molecule has 0 aliphatic carbocycles. The van der Waals surface area contributed by atoms with Gasteiger partial charge in [-0.3, -0.25) is 15.6 Å². The van der Waals surface area contributed by atoms with E-state index in [9.17, 15) is 22.4 Å². The van der Waals surface area contributed by atoms with Crippen molar-refractivity contribution in [1.82, 2.24) is 16.2 Å². The third kappa shape index (κ3) is 9.64. The predicted molar refractivity (Wildman–Crippen MR) is 95.5 cm³/mol. The van der Waals surface area contributed by atoms with Gasteiger partial charge in [-0.2, -0.15) is 17.6 Å². The van der Waals surface area contributed by atoms with E-state index in [1.807, 2.05) is 20.8 Å². The van der Waals surface area contributed by atoms with E-state index in [2.05, 4.69) is 25.6 Å². The Morgan fingerprint density at radius 1 is 1.11 bits per heavy atom. The first-order valence-corrected chi connectivity index (χ1v) is 7.97. The fourth-order valence-corrected chi connectivity index (χ4v) is 2.08. The Kier molecular flexibility index (Phi) is 8.29. The van der Waals surface area contributed by atoms with Crippen LogP contribution in [0.1, 0.15) is 26.3 Å². The molecule has 1 aromatic rings. The van der Waals surface area contributed by atoms with Gasteiger partial charge in [-0.15, -0.1) is 0 Å². The van der Waals surface area contributed by atoms with Gasteiger partial charge in [-0.05, 0) is 51.2 Å². The number of halogens is 4. The van der Waals surface area contributed by atoms with Gasteiger partial charge in [0.2, 0.25) is 0 Å². The number of carbonyl (C=O) groups excluding carboxylic acids is 1. The van der Waals surface area contributed by atoms with Crippen LogP contribution in [-0.4, -0.2) is 29.8 Å². The molecule has 6 nitrogen and oxygen atoms in total. The van der Waals surface area contributed by atoms with E-state index >= 15 is 0 Å². The van der Waals surface area contributed by atoms with E-state index in [1.165, 1.54) is 12.1 Å². The number of carbonyl (C=O) groups is 1. The Bertz CT molecular complexity index is 694. The second kappa shape index (κ2) is 9.95. The first-order valence-electron chi connectivity index (χ1n) is 7.56. The molecule has 0 radical (unpaired) electrons. The van der Waals surface area contributed by atoms with Crippen LogP contribution in [0, 0.1) is 0 Å². The Balaban J connectivity index is 2.77. The summed E-state index contributed by atoms with van der Waals surface area (Å²) in [7, 11) is 0. The monoisotopic (exact) mass is 409 g/mol. The highest BCUT2D eigenvalue weighted by atomic mass is 32.1. The van der Waals surface area contributed by atoms with Gasteiger partial charge in [-0.25, -0.2) is 0 Å². The number of rotatable bonds is 6. The molecule has 0 saturated heterocycles. The molecule has 1 aromatic carbocycles. The summed E-state index contributed by atoms with van der Waals surface area (Å²) in [6, 6.07) is 3.19. The molecule has 0 aromatic heterocycles. The van der Waals surface area contributed by atoms with E-state index in [-0.39, 0.29) is 22.0 Å². The van der Waals surface area contributed by atoms with Gasteiger partial charge >= 0.3 is 13.2 Å². The minimum atomic E-state index is -3.18. The summed E-state index contributed by atoms with van der Waals surface area (Å²) in [5.74, 6) is -1.42. The zero-order valence-electron chi connectivity index (χ0n) is 14.7. The maximum absolute atomic E-state index is 12.5. The van der Waals surface area contributed by atoms with Gasteiger partial charge in [0.25, 0.3) is 5.91 Å². The first-order chi connectivity index (χ1) is 12.5. The predicted octanol–water partition coefficient (Wildman–Crippen LogP) is 3.20. The number of benzene rings is 1. The van der Waals surface area contributed by atoms with Crippen LogP contribution in [0.2, 0.25) is 0 Å². The van der Waals surface area contributed by atoms with Crippen LogP contribution in [0.5, 0.6) is 11.5 Å². The van der Waals surface area contributed by atoms with Crippen molar-refractivity contribution in [1.29, 1.82) is 0 Å². The van der Waals surface area contributed by atoms with E-state index < -0.39 is 24.9 Å². The van der Waals surface area contributed by atoms with Crippen LogP contribution >= 0.6 is 12.2 Å². The lowest BCUT2D eigenvalue weighted by molar-refractivity contribution is -0.117. The van der Waals surface area contributed by atoms with Crippen molar-refractivity contribution >= 4 is 29.3 Å². The molecule has 0 atom stereocenters. The zero-order valence-corrected chi connectivity index (χ0v) is 15.5. The third-order valence-corrected chi connectivity index (χ3v) is 2.83. The molecule has 150 valence electrons. The lowest BCUT2D eigenvalue weighted by atomic mass is 10.1. The smallest absolute Gasteiger partial charge is 0.387 e. The lowest BCUT2D eigenvalue weighted by Crippen LogP contribution is -2.51. The maximum atomic E-state index is 12.5. The minimum Gasteiger partial charge on any atom is -0.435 e. The molecular weight excluding hydrogens is 390 g/mol. The minimum absolute atomic E-state index is 0.0578. The van der Waals surface area contributed by atoms with Crippen LogP contribution < -0.4 is 25.6 Å². The van der Waals surface area contributed by atoms with E-state index in [1.54, 1.807) is 0 Å². The summed E-state index contributed by atoms with van der Waals surface area (Å²) >= 11 is 4.98. The number of hydrogen-bond acceptors (Lipinski definition) is 4. The van der Waals surface area contributed by atoms with Crippen LogP contribution in [0.4, 0.5) is 17.6 Å². The van der Waals surface area contributed by atoms with Crippen molar-refractivity contribution in [3.8, 4) is 11.5 Å². The largest absolute Gasteiger partial charge is 0.435 e. The van der Waals surface area contributed by atoms with Gasteiger partial charge < -0.3 is 14.8 Å². The van der Waals surface area contributed by atoms with Crippen LogP contribution in [0.25, 0.3) is 6.08 Å². The standard InChI is InChI=1S/C16H19F4N3O3S/c1-16(2,3)21-15(27)23-22-12(24)7-5-9-4-6-10(25-13(17)18)8-11(9)26-14(19)20/h4-8,13-14H,1-3H3,(H,22,24)(H2,21,23,27)/b7-5+. The quantitative estimate of drug-likeness (QED) is 0.290. The van der Waals surface area contributed by atoms with Crippen molar-refractivity contribution in [3.63, 3.8) is 0 Å². The molecule has 1 amide bonds. The summed E-state index contributed by atoms with van der Waals surface area (Å²) < 4.78 is 57.8. The summed E-state index contributed by atoms with van der Waals surface area (Å²) in [6.07, 6.45) is 2.19. The highest BCUT2D eigenvalue weighted by molar-refractivity contribution is 7.80. The van der Waals surface area contributed by atoms with Crippen molar-refractivity contribution < 1.29 is 31.8 Å². The van der Waals surface area contributed by atoms with Crippen LogP contribution in [0.3, 0.4) is 0 Å². The molecule has 0 aliphatic rings. The number of ether oxygens (including phenoxy) is 2. The number of nitrogens with one attached hydrogen (secondary N) is 3. The van der Waals surface area contributed by atoms with Crippen molar-refractivity contribution in [2.45, 2.75) is 39.5 Å². The molecule has 27 heavy (non-hydrogen) atoms. The Morgan fingerprint density at radius 3 is 2.30 bits per heavy atom. The van der Waals surface area contributed by atoms with Gasteiger partial charge in [0.05, 0.1) is 0 Å². The number of hydrazine groups is 1. The molecule has 0 bridgehead atoms. The summed E-state index contributed by atoms with van der Waals surface area (Å²) in [4.78, 5) is 11.8. The second-order valence-corrected chi connectivity index (χ2v) is 6.52. The van der Waals surface area contributed by atoms with Crippen LogP contribution in [0.15, 0.2) is 24.3 Å². The summed E-state index contributed by atoms with van der Waals surface area (Å²) in [6.45, 7) is -0.693. The van der Waals surface area contributed by atoms with Crippen molar-refractivity contribution in [2.24, 2.45) is 0 Å². The molecule has 0 fully saturated rings. The molecule has 0 unspecified atom stereocenters. The van der Waals surface area contributed by atoms with E-state index in [4.69, 9.17) is 12.2 Å². The number of amides is 1. The Hall–Kier alpha value is -2.56. The number of hydrogen-bond donors (Lipinski definition) is 3. The lowest BCUT2D eigenvalue weighted by Gasteiger charge is -2.22. The molecule has 0 spiro atoms.